The molecule has 0 saturated carbocycles. The van der Waals surface area contributed by atoms with Crippen molar-refractivity contribution in [1.82, 2.24) is 9.29 Å². The molecule has 3 aromatic carbocycles. The molecule has 0 amide bonds. The van der Waals surface area contributed by atoms with E-state index in [9.17, 15) is 13.2 Å². The van der Waals surface area contributed by atoms with E-state index in [1.165, 1.54) is 37.4 Å². The van der Waals surface area contributed by atoms with Crippen LogP contribution in [0.15, 0.2) is 77.7 Å². The lowest BCUT2D eigenvalue weighted by Gasteiger charge is -2.14. The summed E-state index contributed by atoms with van der Waals surface area (Å²) >= 11 is 0. The van der Waals surface area contributed by atoms with Crippen LogP contribution in [-0.4, -0.2) is 40.0 Å². The number of hydrogen-bond acceptors (Lipinski definition) is 5. The van der Waals surface area contributed by atoms with Crippen LogP contribution in [0, 0.1) is 0 Å². The molecular weight excluding hydrogens is 464 g/mol. The van der Waals surface area contributed by atoms with Gasteiger partial charge >= 0.3 is 0 Å². The maximum atomic E-state index is 12.8. The first kappa shape index (κ1) is 24.3. The SMILES string of the molecule is CNS(=O)(=O)c1ccc(C(=O)C=Cc2cc(-c3cc4ccccc4n3C)c(OC)cc2OC)cc1. The van der Waals surface area contributed by atoms with Gasteiger partial charge in [-0.05, 0) is 61.7 Å². The van der Waals surface area contributed by atoms with E-state index in [-0.39, 0.29) is 10.7 Å². The number of allylic oxidation sites excluding steroid dienone is 1. The molecule has 7 nitrogen and oxygen atoms in total. The molecule has 35 heavy (non-hydrogen) atoms. The summed E-state index contributed by atoms with van der Waals surface area (Å²) in [5.41, 5.74) is 4.00. The van der Waals surface area contributed by atoms with Gasteiger partial charge in [0.05, 0.1) is 24.8 Å². The van der Waals surface area contributed by atoms with Crippen molar-refractivity contribution in [1.29, 1.82) is 0 Å². The first-order valence-corrected chi connectivity index (χ1v) is 12.3. The summed E-state index contributed by atoms with van der Waals surface area (Å²) in [5.74, 6) is 0.948. The largest absolute Gasteiger partial charge is 0.496 e. The lowest BCUT2D eigenvalue weighted by molar-refractivity contribution is 0.104. The summed E-state index contributed by atoms with van der Waals surface area (Å²) in [6, 6.07) is 19.7. The fourth-order valence-electron chi connectivity index (χ4n) is 3.98. The van der Waals surface area contributed by atoms with Crippen LogP contribution >= 0.6 is 0 Å². The van der Waals surface area contributed by atoms with Crippen LogP contribution in [0.25, 0.3) is 28.2 Å². The molecule has 0 aliphatic rings. The van der Waals surface area contributed by atoms with Crippen LogP contribution < -0.4 is 14.2 Å². The van der Waals surface area contributed by atoms with Crippen molar-refractivity contribution >= 4 is 32.8 Å². The Morgan fingerprint density at radius 3 is 2.26 bits per heavy atom. The molecule has 0 fully saturated rings. The number of carbonyl (C=O) groups is 1. The maximum absolute atomic E-state index is 12.8. The lowest BCUT2D eigenvalue weighted by Crippen LogP contribution is -2.18. The minimum atomic E-state index is -3.57. The number of fused-ring (bicyclic) bond motifs is 1. The van der Waals surface area contributed by atoms with E-state index in [1.54, 1.807) is 26.4 Å². The van der Waals surface area contributed by atoms with Crippen molar-refractivity contribution in [3.63, 3.8) is 0 Å². The Balaban J connectivity index is 1.71. The van der Waals surface area contributed by atoms with Gasteiger partial charge in [-0.25, -0.2) is 13.1 Å². The zero-order valence-corrected chi connectivity index (χ0v) is 20.7. The van der Waals surface area contributed by atoms with E-state index in [0.717, 1.165) is 22.2 Å². The number of para-hydroxylation sites is 1. The Bertz CT molecular complexity index is 1530. The highest BCUT2D eigenvalue weighted by molar-refractivity contribution is 7.89. The number of ether oxygens (including phenoxy) is 2. The monoisotopic (exact) mass is 490 g/mol. The molecule has 0 radical (unpaired) electrons. The van der Waals surface area contributed by atoms with E-state index in [4.69, 9.17) is 9.47 Å². The van der Waals surface area contributed by atoms with Crippen LogP contribution in [0.5, 0.6) is 11.5 Å². The van der Waals surface area contributed by atoms with Crippen LogP contribution in [0.4, 0.5) is 0 Å². The molecule has 1 heterocycles. The van der Waals surface area contributed by atoms with Gasteiger partial charge in [0.25, 0.3) is 0 Å². The van der Waals surface area contributed by atoms with E-state index in [1.807, 2.05) is 25.2 Å². The minimum Gasteiger partial charge on any atom is -0.496 e. The average Bonchev–Trinajstić information content (AvgIpc) is 3.23. The summed E-state index contributed by atoms with van der Waals surface area (Å²) in [7, 11) is 2.94. The number of sulfonamides is 1. The number of methoxy groups -OCH3 is 2. The fourth-order valence-corrected chi connectivity index (χ4v) is 4.71. The summed E-state index contributed by atoms with van der Waals surface area (Å²) < 4.78 is 39.4. The van der Waals surface area contributed by atoms with Crippen LogP contribution in [0.3, 0.4) is 0 Å². The quantitative estimate of drug-likeness (QED) is 0.287. The Hall–Kier alpha value is -3.88. The van der Waals surface area contributed by atoms with Gasteiger partial charge in [0.1, 0.15) is 11.5 Å². The van der Waals surface area contributed by atoms with Gasteiger partial charge in [-0.15, -0.1) is 0 Å². The predicted molar refractivity (Wildman–Crippen MR) is 138 cm³/mol. The highest BCUT2D eigenvalue weighted by atomic mass is 32.2. The number of hydrogen-bond donors (Lipinski definition) is 1. The number of rotatable bonds is 8. The Kier molecular flexibility index (Phi) is 6.77. The molecule has 0 aliphatic heterocycles. The second-order valence-electron chi connectivity index (χ2n) is 7.87. The van der Waals surface area contributed by atoms with Gasteiger partial charge in [-0.2, -0.15) is 0 Å². The number of nitrogens with zero attached hydrogens (tertiary/aromatic N) is 1. The van der Waals surface area contributed by atoms with Crippen molar-refractivity contribution in [3.05, 3.63) is 83.9 Å². The zero-order valence-electron chi connectivity index (χ0n) is 19.9. The molecule has 0 saturated heterocycles. The fraction of sp³-hybridized carbons (Fsp3) is 0.148. The zero-order chi connectivity index (χ0) is 25.2. The third-order valence-corrected chi connectivity index (χ3v) is 7.34. The average molecular weight is 491 g/mol. The minimum absolute atomic E-state index is 0.0944. The van der Waals surface area contributed by atoms with Crippen molar-refractivity contribution in [2.24, 2.45) is 7.05 Å². The Morgan fingerprint density at radius 2 is 1.63 bits per heavy atom. The second-order valence-corrected chi connectivity index (χ2v) is 9.76. The van der Waals surface area contributed by atoms with Crippen LogP contribution in [0.1, 0.15) is 15.9 Å². The highest BCUT2D eigenvalue weighted by Crippen LogP contribution is 2.38. The second kappa shape index (κ2) is 9.77. The first-order valence-electron chi connectivity index (χ1n) is 10.9. The number of carbonyl (C=O) groups excluding carboxylic acids is 1. The van der Waals surface area contributed by atoms with Gasteiger partial charge in [0.2, 0.25) is 10.0 Å². The summed E-state index contributed by atoms with van der Waals surface area (Å²) in [6.07, 6.45) is 3.13. The number of nitrogens with one attached hydrogen (secondary N) is 1. The lowest BCUT2D eigenvalue weighted by atomic mass is 10.0. The number of ketones is 1. The van der Waals surface area contributed by atoms with Gasteiger partial charge in [0.15, 0.2) is 5.78 Å². The van der Waals surface area contributed by atoms with Gasteiger partial charge in [-0.3, -0.25) is 4.79 Å². The summed E-state index contributed by atoms with van der Waals surface area (Å²) in [6.45, 7) is 0. The number of aromatic nitrogens is 1. The molecule has 1 aromatic heterocycles. The molecule has 4 rings (SSSR count). The first-order chi connectivity index (χ1) is 16.8. The molecular formula is C27H26N2O5S. The van der Waals surface area contributed by atoms with Crippen molar-refractivity contribution < 1.29 is 22.7 Å². The molecule has 8 heteroatoms. The van der Waals surface area contributed by atoms with Crippen molar-refractivity contribution in [2.45, 2.75) is 4.90 Å². The van der Waals surface area contributed by atoms with Gasteiger partial charge in [0, 0.05) is 40.7 Å². The molecule has 180 valence electrons. The molecule has 0 unspecified atom stereocenters. The highest BCUT2D eigenvalue weighted by Gasteiger charge is 2.16. The molecule has 4 aromatic rings. The summed E-state index contributed by atoms with van der Waals surface area (Å²) in [5, 5.41) is 1.11. The molecule has 0 bridgehead atoms. The summed E-state index contributed by atoms with van der Waals surface area (Å²) in [4.78, 5) is 12.9. The van der Waals surface area contributed by atoms with E-state index >= 15 is 0 Å². The van der Waals surface area contributed by atoms with Crippen molar-refractivity contribution in [3.8, 4) is 22.8 Å². The van der Waals surface area contributed by atoms with E-state index in [0.29, 0.717) is 22.6 Å². The topological polar surface area (TPSA) is 86.6 Å². The predicted octanol–water partition coefficient (Wildman–Crippen LogP) is 4.67. The number of aryl methyl sites for hydroxylation is 1. The van der Waals surface area contributed by atoms with E-state index < -0.39 is 10.0 Å². The smallest absolute Gasteiger partial charge is 0.240 e. The van der Waals surface area contributed by atoms with Gasteiger partial charge < -0.3 is 14.0 Å². The number of benzene rings is 3. The van der Waals surface area contributed by atoms with Gasteiger partial charge in [-0.1, -0.05) is 18.2 Å². The van der Waals surface area contributed by atoms with Crippen LogP contribution in [-0.2, 0) is 17.1 Å². The van der Waals surface area contributed by atoms with Crippen LogP contribution in [0.2, 0.25) is 0 Å². The Labute approximate surface area is 204 Å². The molecule has 0 atom stereocenters. The third-order valence-electron chi connectivity index (χ3n) is 5.91. The normalized spacial score (nSPS) is 11.8. The van der Waals surface area contributed by atoms with Crippen molar-refractivity contribution in [2.75, 3.05) is 21.3 Å². The standard InChI is InChI=1S/C27H26N2O5S/c1-28-35(31,32)21-12-9-18(10-13-21)25(30)14-11-20-15-22(27(34-4)17-26(20)33-3)24-16-19-7-5-6-8-23(19)29(24)2/h5-17,28H,1-4H3. The molecule has 0 spiro atoms. The van der Waals surface area contributed by atoms with E-state index in [2.05, 4.69) is 27.5 Å². The third kappa shape index (κ3) is 4.71. The Morgan fingerprint density at radius 1 is 0.943 bits per heavy atom. The maximum Gasteiger partial charge on any atom is 0.240 e. The molecule has 0 aliphatic carbocycles. The molecule has 1 N–H and O–H groups in total.